The maximum absolute atomic E-state index is 4.10. The molecule has 1 N–H and O–H groups in total. The highest BCUT2D eigenvalue weighted by Gasteiger charge is 2.02. The molecule has 0 fully saturated rings. The Labute approximate surface area is 74.3 Å². The number of nitrogens with zero attached hydrogens (tertiary/aromatic N) is 2. The average molecular weight is 251 g/mol. The Balaban J connectivity index is 2.90. The van der Waals surface area contributed by atoms with Crippen molar-refractivity contribution in [2.45, 2.75) is 19.9 Å². The van der Waals surface area contributed by atoms with Crippen molar-refractivity contribution in [1.29, 1.82) is 0 Å². The predicted molar refractivity (Wildman–Crippen MR) is 50.3 cm³/mol. The molecule has 1 rings (SSSR count). The Hall–Kier alpha value is -0.260. The van der Waals surface area contributed by atoms with Crippen molar-refractivity contribution in [2.24, 2.45) is 0 Å². The lowest BCUT2D eigenvalue weighted by Crippen LogP contribution is -2.01. The number of imidazole rings is 1. The number of aromatic nitrogens is 2. The second kappa shape index (κ2) is 3.23. The van der Waals surface area contributed by atoms with Crippen LogP contribution in [0.5, 0.6) is 0 Å². The molecule has 1 aromatic rings. The molecule has 0 aromatic carbocycles. The summed E-state index contributed by atoms with van der Waals surface area (Å²) in [5, 5.41) is 0. The first-order chi connectivity index (χ1) is 4.75. The van der Waals surface area contributed by atoms with Crippen LogP contribution < -0.4 is 3.53 Å². The maximum Gasteiger partial charge on any atom is 0.211 e. The summed E-state index contributed by atoms with van der Waals surface area (Å²) in [6, 6.07) is 0.472. The fourth-order valence-corrected chi connectivity index (χ4v) is 1.22. The highest BCUT2D eigenvalue weighted by Crippen LogP contribution is 2.12. The third kappa shape index (κ3) is 1.42. The molecule has 0 saturated heterocycles. The van der Waals surface area contributed by atoms with E-state index in [1.54, 1.807) is 6.20 Å². The first-order valence-corrected chi connectivity index (χ1v) is 4.23. The van der Waals surface area contributed by atoms with Gasteiger partial charge in [-0.15, -0.1) is 0 Å². The molecule has 0 saturated carbocycles. The standard InChI is InChI=1S/C6H10IN3/c1-5(2)10-4-3-8-6(10)9-7/h3-5H,1-2H3,(H,8,9). The summed E-state index contributed by atoms with van der Waals surface area (Å²) in [7, 11) is 0. The van der Waals surface area contributed by atoms with Crippen molar-refractivity contribution in [3.63, 3.8) is 0 Å². The fourth-order valence-electron chi connectivity index (χ4n) is 0.803. The van der Waals surface area contributed by atoms with Crippen molar-refractivity contribution in [3.8, 4) is 0 Å². The van der Waals surface area contributed by atoms with Crippen LogP contribution >= 0.6 is 22.9 Å². The molecule has 0 aliphatic rings. The molecule has 0 radical (unpaired) electrons. The molecule has 0 unspecified atom stereocenters. The van der Waals surface area contributed by atoms with Gasteiger partial charge >= 0.3 is 0 Å². The lowest BCUT2D eigenvalue weighted by molar-refractivity contribution is 0.609. The molecule has 0 aliphatic carbocycles. The second-order valence-electron chi connectivity index (χ2n) is 2.35. The summed E-state index contributed by atoms with van der Waals surface area (Å²) < 4.78 is 5.05. The largest absolute Gasteiger partial charge is 0.314 e. The number of nitrogens with one attached hydrogen (secondary N) is 1. The topological polar surface area (TPSA) is 29.9 Å². The normalized spacial score (nSPS) is 10.4. The Morgan fingerprint density at radius 2 is 2.40 bits per heavy atom. The minimum atomic E-state index is 0.472. The summed E-state index contributed by atoms with van der Waals surface area (Å²) in [4.78, 5) is 4.10. The van der Waals surface area contributed by atoms with Gasteiger partial charge in [-0.1, -0.05) is 0 Å². The first kappa shape index (κ1) is 7.84. The van der Waals surface area contributed by atoms with Crippen molar-refractivity contribution in [1.82, 2.24) is 9.55 Å². The van der Waals surface area contributed by atoms with E-state index >= 15 is 0 Å². The zero-order chi connectivity index (χ0) is 7.56. The van der Waals surface area contributed by atoms with Gasteiger partial charge in [-0.05, 0) is 13.8 Å². The zero-order valence-electron chi connectivity index (χ0n) is 6.00. The molecule has 10 heavy (non-hydrogen) atoms. The SMILES string of the molecule is CC(C)n1ccnc1NI. The van der Waals surface area contributed by atoms with Crippen LogP contribution in [0.4, 0.5) is 5.95 Å². The smallest absolute Gasteiger partial charge is 0.211 e. The molecule has 4 heteroatoms. The minimum absolute atomic E-state index is 0.472. The van der Waals surface area contributed by atoms with Gasteiger partial charge in [0.25, 0.3) is 0 Å². The molecule has 0 bridgehead atoms. The molecule has 0 amide bonds. The number of halogens is 1. The molecule has 1 aromatic heterocycles. The number of hydrogen-bond donors (Lipinski definition) is 1. The molecular weight excluding hydrogens is 241 g/mol. The highest BCUT2D eigenvalue weighted by atomic mass is 127. The molecule has 3 nitrogen and oxygen atoms in total. The zero-order valence-corrected chi connectivity index (χ0v) is 8.16. The quantitative estimate of drug-likeness (QED) is 0.645. The van der Waals surface area contributed by atoms with E-state index in [9.17, 15) is 0 Å². The summed E-state index contributed by atoms with van der Waals surface area (Å²) in [6.45, 7) is 4.25. The van der Waals surface area contributed by atoms with Crippen molar-refractivity contribution < 1.29 is 0 Å². The summed E-state index contributed by atoms with van der Waals surface area (Å²) in [5.41, 5.74) is 0. The van der Waals surface area contributed by atoms with Crippen LogP contribution in [0, 0.1) is 0 Å². The van der Waals surface area contributed by atoms with E-state index < -0.39 is 0 Å². The third-order valence-electron chi connectivity index (χ3n) is 1.31. The lowest BCUT2D eigenvalue weighted by atomic mass is 10.4. The Morgan fingerprint density at radius 1 is 1.70 bits per heavy atom. The lowest BCUT2D eigenvalue weighted by Gasteiger charge is -2.08. The minimum Gasteiger partial charge on any atom is -0.314 e. The Kier molecular flexibility index (Phi) is 2.53. The van der Waals surface area contributed by atoms with Crippen LogP contribution in [0.1, 0.15) is 19.9 Å². The van der Waals surface area contributed by atoms with E-state index in [1.807, 2.05) is 6.20 Å². The maximum atomic E-state index is 4.10. The van der Waals surface area contributed by atoms with Crippen molar-refractivity contribution in [2.75, 3.05) is 3.53 Å². The summed E-state index contributed by atoms with van der Waals surface area (Å²) >= 11 is 2.08. The van der Waals surface area contributed by atoms with Crippen LogP contribution in [0.15, 0.2) is 12.4 Å². The highest BCUT2D eigenvalue weighted by molar-refractivity contribution is 14.1. The molecule has 1 heterocycles. The fraction of sp³-hybridized carbons (Fsp3) is 0.500. The molecular formula is C6H10IN3. The number of anilines is 1. The van der Waals surface area contributed by atoms with Gasteiger partial charge in [-0.2, -0.15) is 0 Å². The predicted octanol–water partition coefficient (Wildman–Crippen LogP) is 2.23. The molecule has 56 valence electrons. The summed E-state index contributed by atoms with van der Waals surface area (Å²) in [5.74, 6) is 0.913. The van der Waals surface area contributed by atoms with Gasteiger partial charge in [0.05, 0.1) is 22.9 Å². The van der Waals surface area contributed by atoms with E-state index in [4.69, 9.17) is 0 Å². The Morgan fingerprint density at radius 3 is 2.80 bits per heavy atom. The second-order valence-corrected chi connectivity index (χ2v) is 2.89. The van der Waals surface area contributed by atoms with E-state index in [2.05, 4.69) is 49.8 Å². The van der Waals surface area contributed by atoms with E-state index in [0.29, 0.717) is 6.04 Å². The van der Waals surface area contributed by atoms with E-state index in [0.717, 1.165) is 5.95 Å². The molecule has 0 aliphatic heterocycles. The third-order valence-corrected chi connectivity index (χ3v) is 1.79. The van der Waals surface area contributed by atoms with Crippen LogP contribution in [0.3, 0.4) is 0 Å². The van der Waals surface area contributed by atoms with Gasteiger partial charge in [0.15, 0.2) is 0 Å². The van der Waals surface area contributed by atoms with Crippen LogP contribution in [-0.4, -0.2) is 9.55 Å². The van der Waals surface area contributed by atoms with Gasteiger partial charge in [-0.25, -0.2) is 4.98 Å². The van der Waals surface area contributed by atoms with Crippen LogP contribution in [-0.2, 0) is 0 Å². The van der Waals surface area contributed by atoms with Crippen LogP contribution in [0.25, 0.3) is 0 Å². The van der Waals surface area contributed by atoms with Gasteiger partial charge in [0.1, 0.15) is 0 Å². The van der Waals surface area contributed by atoms with Gasteiger partial charge in [0, 0.05) is 18.4 Å². The summed E-state index contributed by atoms with van der Waals surface area (Å²) in [6.07, 6.45) is 3.76. The van der Waals surface area contributed by atoms with Crippen molar-refractivity contribution >= 4 is 28.8 Å². The van der Waals surface area contributed by atoms with Gasteiger partial charge in [0.2, 0.25) is 5.95 Å². The monoisotopic (exact) mass is 251 g/mol. The number of rotatable bonds is 2. The van der Waals surface area contributed by atoms with Gasteiger partial charge < -0.3 is 4.57 Å². The Bertz CT molecular complexity index is 207. The average Bonchev–Trinajstić information content (AvgIpc) is 2.33. The van der Waals surface area contributed by atoms with E-state index in [1.165, 1.54) is 0 Å². The van der Waals surface area contributed by atoms with Crippen molar-refractivity contribution in [3.05, 3.63) is 12.4 Å². The first-order valence-electron chi connectivity index (χ1n) is 3.15. The number of hydrogen-bond acceptors (Lipinski definition) is 2. The van der Waals surface area contributed by atoms with E-state index in [-0.39, 0.29) is 0 Å². The molecule has 0 atom stereocenters. The molecule has 0 spiro atoms. The van der Waals surface area contributed by atoms with Crippen LogP contribution in [0.2, 0.25) is 0 Å². The van der Waals surface area contributed by atoms with Gasteiger partial charge in [-0.3, -0.25) is 3.53 Å².